The molecule has 0 spiro atoms. The number of hydrogen-bond donors (Lipinski definition) is 1. The highest BCUT2D eigenvalue weighted by atomic mass is 16.5. The Morgan fingerprint density at radius 2 is 2.07 bits per heavy atom. The monoisotopic (exact) mass is 388 g/mol. The number of methoxy groups -OCH3 is 1. The second-order valence-corrected chi connectivity index (χ2v) is 7.65. The van der Waals surface area contributed by atoms with Gasteiger partial charge in [-0.1, -0.05) is 0 Å². The molecule has 1 aliphatic rings. The Hall–Kier alpha value is -3.19. The SMILES string of the molecule is COc1cc(-c2ncc3cc(N4CCNC(C)C4)ccc3n2)cn2cc(C)nc12. The van der Waals surface area contributed by atoms with E-state index >= 15 is 0 Å². The van der Waals surface area contributed by atoms with Crippen LogP contribution < -0.4 is 15.0 Å². The standard InChI is InChI=1S/C22H24N6O/c1-14-11-27(7-6-23-14)18-4-5-19-16(8-18)10-24-21(26-19)17-9-20(29-3)22-25-15(2)12-28(22)13-17/h4-5,8-10,12-14,23H,6-7,11H2,1-3H3. The van der Waals surface area contributed by atoms with Gasteiger partial charge in [-0.05, 0) is 38.1 Å². The number of anilines is 1. The minimum atomic E-state index is 0.495. The van der Waals surface area contributed by atoms with Gasteiger partial charge in [0.2, 0.25) is 0 Å². The third kappa shape index (κ3) is 3.27. The van der Waals surface area contributed by atoms with Gasteiger partial charge in [-0.2, -0.15) is 0 Å². The van der Waals surface area contributed by atoms with Gasteiger partial charge < -0.3 is 19.4 Å². The molecular weight excluding hydrogens is 364 g/mol. The van der Waals surface area contributed by atoms with E-state index in [0.29, 0.717) is 17.6 Å². The number of nitrogens with one attached hydrogen (secondary N) is 1. The number of pyridine rings is 1. The van der Waals surface area contributed by atoms with E-state index in [1.807, 2.05) is 36.0 Å². The van der Waals surface area contributed by atoms with Crippen LogP contribution >= 0.6 is 0 Å². The summed E-state index contributed by atoms with van der Waals surface area (Å²) >= 11 is 0. The number of ether oxygens (including phenoxy) is 1. The number of rotatable bonds is 3. The molecule has 29 heavy (non-hydrogen) atoms. The summed E-state index contributed by atoms with van der Waals surface area (Å²) in [5.74, 6) is 1.38. The third-order valence-electron chi connectivity index (χ3n) is 5.41. The number of fused-ring (bicyclic) bond motifs is 2. The molecule has 0 radical (unpaired) electrons. The number of aryl methyl sites for hydroxylation is 1. The van der Waals surface area contributed by atoms with Crippen molar-refractivity contribution in [2.45, 2.75) is 19.9 Å². The smallest absolute Gasteiger partial charge is 0.179 e. The number of aromatic nitrogens is 4. The largest absolute Gasteiger partial charge is 0.493 e. The maximum atomic E-state index is 5.53. The minimum absolute atomic E-state index is 0.495. The molecule has 1 saturated heterocycles. The molecule has 0 aliphatic carbocycles. The highest BCUT2D eigenvalue weighted by molar-refractivity contribution is 5.83. The van der Waals surface area contributed by atoms with Crippen molar-refractivity contribution >= 4 is 22.2 Å². The van der Waals surface area contributed by atoms with Crippen LogP contribution in [0.5, 0.6) is 5.75 Å². The Kier molecular flexibility index (Phi) is 4.32. The zero-order chi connectivity index (χ0) is 20.0. The fourth-order valence-electron chi connectivity index (χ4n) is 3.99. The summed E-state index contributed by atoms with van der Waals surface area (Å²) in [6.07, 6.45) is 5.88. The Morgan fingerprint density at radius 1 is 1.17 bits per heavy atom. The summed E-state index contributed by atoms with van der Waals surface area (Å²) in [7, 11) is 1.66. The quantitative estimate of drug-likeness (QED) is 0.582. The summed E-state index contributed by atoms with van der Waals surface area (Å²) in [5, 5.41) is 4.53. The van der Waals surface area contributed by atoms with Crippen molar-refractivity contribution in [1.29, 1.82) is 0 Å². The minimum Gasteiger partial charge on any atom is -0.493 e. The first-order valence-corrected chi connectivity index (χ1v) is 9.89. The van der Waals surface area contributed by atoms with Crippen molar-refractivity contribution in [3.05, 3.63) is 48.5 Å². The first-order valence-electron chi connectivity index (χ1n) is 9.89. The van der Waals surface area contributed by atoms with Gasteiger partial charge in [0.1, 0.15) is 0 Å². The average molecular weight is 388 g/mol. The van der Waals surface area contributed by atoms with E-state index in [-0.39, 0.29) is 0 Å². The summed E-state index contributed by atoms with van der Waals surface area (Å²) in [4.78, 5) is 16.4. The van der Waals surface area contributed by atoms with E-state index < -0.39 is 0 Å². The van der Waals surface area contributed by atoms with Crippen molar-refractivity contribution in [2.75, 3.05) is 31.6 Å². The number of piperazine rings is 1. The Labute approximate surface area is 169 Å². The molecule has 1 unspecified atom stereocenters. The molecule has 1 aromatic carbocycles. The second kappa shape index (κ2) is 7.00. The highest BCUT2D eigenvalue weighted by Crippen LogP contribution is 2.28. The van der Waals surface area contributed by atoms with Crippen molar-refractivity contribution in [2.24, 2.45) is 0 Å². The fourth-order valence-corrected chi connectivity index (χ4v) is 3.99. The van der Waals surface area contributed by atoms with Gasteiger partial charge >= 0.3 is 0 Å². The zero-order valence-corrected chi connectivity index (χ0v) is 16.9. The van der Waals surface area contributed by atoms with Gasteiger partial charge in [0.15, 0.2) is 17.2 Å². The number of imidazole rings is 1. The van der Waals surface area contributed by atoms with Gasteiger partial charge in [-0.3, -0.25) is 0 Å². The molecule has 7 heteroatoms. The average Bonchev–Trinajstić information content (AvgIpc) is 3.12. The van der Waals surface area contributed by atoms with E-state index in [0.717, 1.165) is 47.4 Å². The van der Waals surface area contributed by atoms with Crippen LogP contribution in [0.1, 0.15) is 12.6 Å². The molecule has 7 nitrogen and oxygen atoms in total. The molecule has 4 aromatic rings. The molecule has 148 valence electrons. The zero-order valence-electron chi connectivity index (χ0n) is 16.9. The molecule has 3 aromatic heterocycles. The number of benzene rings is 1. The van der Waals surface area contributed by atoms with E-state index in [2.05, 4.69) is 45.3 Å². The van der Waals surface area contributed by atoms with Crippen LogP contribution in [-0.2, 0) is 0 Å². The molecule has 4 heterocycles. The van der Waals surface area contributed by atoms with Crippen LogP contribution in [0.15, 0.2) is 42.9 Å². The summed E-state index contributed by atoms with van der Waals surface area (Å²) < 4.78 is 7.50. The van der Waals surface area contributed by atoms with Crippen molar-refractivity contribution in [1.82, 2.24) is 24.7 Å². The van der Waals surface area contributed by atoms with Crippen LogP contribution in [0.3, 0.4) is 0 Å². The van der Waals surface area contributed by atoms with Crippen LogP contribution in [0.2, 0.25) is 0 Å². The van der Waals surface area contributed by atoms with Gasteiger partial charge in [-0.25, -0.2) is 15.0 Å². The molecule has 1 aliphatic heterocycles. The molecule has 1 N–H and O–H groups in total. The molecular formula is C22H24N6O. The highest BCUT2D eigenvalue weighted by Gasteiger charge is 2.17. The predicted octanol–water partition coefficient (Wildman–Crippen LogP) is 3.06. The first-order chi connectivity index (χ1) is 14.1. The lowest BCUT2D eigenvalue weighted by Gasteiger charge is -2.33. The van der Waals surface area contributed by atoms with Crippen LogP contribution in [0, 0.1) is 6.92 Å². The van der Waals surface area contributed by atoms with Crippen LogP contribution in [0.25, 0.3) is 27.9 Å². The van der Waals surface area contributed by atoms with Gasteiger partial charge in [0.05, 0.1) is 18.3 Å². The topological polar surface area (TPSA) is 67.6 Å². The Bertz CT molecular complexity index is 1200. The number of nitrogens with zero attached hydrogens (tertiary/aromatic N) is 5. The lowest BCUT2D eigenvalue weighted by atomic mass is 10.1. The normalized spacial score (nSPS) is 17.2. The summed E-state index contributed by atoms with van der Waals surface area (Å²) in [6.45, 7) is 7.21. The maximum Gasteiger partial charge on any atom is 0.179 e. The molecule has 0 amide bonds. The number of hydrogen-bond acceptors (Lipinski definition) is 6. The van der Waals surface area contributed by atoms with E-state index in [1.54, 1.807) is 7.11 Å². The van der Waals surface area contributed by atoms with E-state index in [1.165, 1.54) is 5.69 Å². The van der Waals surface area contributed by atoms with Gasteiger partial charge in [-0.15, -0.1) is 0 Å². The first kappa shape index (κ1) is 17.9. The van der Waals surface area contributed by atoms with Crippen molar-refractivity contribution < 1.29 is 4.74 Å². The summed E-state index contributed by atoms with van der Waals surface area (Å²) in [6, 6.07) is 8.86. The molecule has 1 fully saturated rings. The van der Waals surface area contributed by atoms with Gasteiger partial charge in [0, 0.05) is 60.9 Å². The second-order valence-electron chi connectivity index (χ2n) is 7.65. The predicted molar refractivity (Wildman–Crippen MR) is 115 cm³/mol. The maximum absolute atomic E-state index is 5.53. The molecule has 0 saturated carbocycles. The van der Waals surface area contributed by atoms with E-state index in [4.69, 9.17) is 9.72 Å². The molecule has 5 rings (SSSR count). The van der Waals surface area contributed by atoms with Crippen LogP contribution in [-0.4, -0.2) is 52.1 Å². The fraction of sp³-hybridized carbons (Fsp3) is 0.318. The van der Waals surface area contributed by atoms with Gasteiger partial charge in [0.25, 0.3) is 0 Å². The Morgan fingerprint density at radius 3 is 2.90 bits per heavy atom. The van der Waals surface area contributed by atoms with Crippen molar-refractivity contribution in [3.63, 3.8) is 0 Å². The lowest BCUT2D eigenvalue weighted by Crippen LogP contribution is -2.49. The van der Waals surface area contributed by atoms with Crippen LogP contribution in [0.4, 0.5) is 5.69 Å². The molecule has 0 bridgehead atoms. The Balaban J connectivity index is 1.53. The third-order valence-corrected chi connectivity index (χ3v) is 5.41. The molecule has 1 atom stereocenters. The van der Waals surface area contributed by atoms with Crippen molar-refractivity contribution in [3.8, 4) is 17.1 Å². The van der Waals surface area contributed by atoms with E-state index in [9.17, 15) is 0 Å². The lowest BCUT2D eigenvalue weighted by molar-refractivity contribution is 0.417. The summed E-state index contributed by atoms with van der Waals surface area (Å²) in [5.41, 5.74) is 4.79.